The van der Waals surface area contributed by atoms with E-state index in [0.29, 0.717) is 28.5 Å². The Morgan fingerprint density at radius 3 is 1.89 bits per heavy atom. The highest BCUT2D eigenvalue weighted by Crippen LogP contribution is 2.49. The zero-order valence-electron chi connectivity index (χ0n) is 15.3. The summed E-state index contributed by atoms with van der Waals surface area (Å²) >= 11 is 12.7. The Morgan fingerprint density at radius 2 is 1.44 bits per heavy atom. The van der Waals surface area contributed by atoms with E-state index in [4.69, 9.17) is 23.2 Å². The third kappa shape index (κ3) is 4.25. The normalized spacial score (nSPS) is 15.0. The Kier molecular flexibility index (Phi) is 5.73. The molecule has 3 rings (SSSR count). The Balaban J connectivity index is 1.73. The molecular formula is C22H21Cl2FO2. The molecule has 1 aliphatic carbocycles. The Hall–Kier alpha value is -1.71. The summed E-state index contributed by atoms with van der Waals surface area (Å²) in [6.45, 7) is 4.01. The standard InChI is InChI=1S/C22H21Cl2FO2/c1-13(2)21-17(23)9-15(10-18(21)24)12-20(27)22(7-8-22)19(26)11-14-3-5-16(25)6-4-14/h3-6,9-10,13H,7-8,11-12H2,1-2H3. The molecule has 0 heterocycles. The molecule has 0 aliphatic heterocycles. The van der Waals surface area contributed by atoms with Crippen LogP contribution in [0.2, 0.25) is 10.0 Å². The first kappa shape index (κ1) is 20.0. The van der Waals surface area contributed by atoms with Crippen LogP contribution in [0.25, 0.3) is 0 Å². The first-order valence-electron chi connectivity index (χ1n) is 9.02. The molecule has 0 amide bonds. The van der Waals surface area contributed by atoms with Gasteiger partial charge in [0, 0.05) is 22.9 Å². The molecule has 1 fully saturated rings. The van der Waals surface area contributed by atoms with Crippen LogP contribution in [0.5, 0.6) is 0 Å². The van der Waals surface area contributed by atoms with Crippen LogP contribution in [0, 0.1) is 11.2 Å². The van der Waals surface area contributed by atoms with E-state index in [2.05, 4.69) is 0 Å². The first-order valence-corrected chi connectivity index (χ1v) is 9.77. The minimum absolute atomic E-state index is 0.0981. The molecule has 1 saturated carbocycles. The van der Waals surface area contributed by atoms with Gasteiger partial charge < -0.3 is 0 Å². The second kappa shape index (κ2) is 7.73. The van der Waals surface area contributed by atoms with Gasteiger partial charge in [-0.25, -0.2) is 4.39 Å². The van der Waals surface area contributed by atoms with E-state index < -0.39 is 5.41 Å². The molecule has 2 aromatic rings. The fourth-order valence-electron chi connectivity index (χ4n) is 3.44. The lowest BCUT2D eigenvalue weighted by Crippen LogP contribution is -2.29. The van der Waals surface area contributed by atoms with Gasteiger partial charge in [0.25, 0.3) is 0 Å². The lowest BCUT2D eigenvalue weighted by molar-refractivity contribution is -0.133. The van der Waals surface area contributed by atoms with Gasteiger partial charge in [0.15, 0.2) is 11.6 Å². The van der Waals surface area contributed by atoms with Crippen molar-refractivity contribution in [1.29, 1.82) is 0 Å². The summed E-state index contributed by atoms with van der Waals surface area (Å²) in [4.78, 5) is 25.6. The van der Waals surface area contributed by atoms with Gasteiger partial charge in [-0.05, 0) is 59.7 Å². The fourth-order valence-corrected chi connectivity index (χ4v) is 4.41. The van der Waals surface area contributed by atoms with Gasteiger partial charge in [0.05, 0.1) is 5.41 Å². The van der Waals surface area contributed by atoms with E-state index in [1.807, 2.05) is 13.8 Å². The molecule has 0 spiro atoms. The molecule has 0 atom stereocenters. The second-order valence-electron chi connectivity index (χ2n) is 7.54. The number of carbonyl (C=O) groups excluding carboxylic acids is 2. The number of halogens is 3. The number of Topliss-reactive ketones (excluding diaryl/α,β-unsaturated/α-hetero) is 2. The molecule has 27 heavy (non-hydrogen) atoms. The number of hydrogen-bond donors (Lipinski definition) is 0. The highest BCUT2D eigenvalue weighted by Gasteiger charge is 2.54. The van der Waals surface area contributed by atoms with Gasteiger partial charge in [-0.1, -0.05) is 49.2 Å². The molecule has 0 unspecified atom stereocenters. The van der Waals surface area contributed by atoms with Crippen LogP contribution in [0.4, 0.5) is 4.39 Å². The molecule has 0 saturated heterocycles. The predicted molar refractivity (Wildman–Crippen MR) is 106 cm³/mol. The largest absolute Gasteiger partial charge is 0.298 e. The van der Waals surface area contributed by atoms with Crippen LogP contribution < -0.4 is 0 Å². The van der Waals surface area contributed by atoms with Crippen molar-refractivity contribution in [1.82, 2.24) is 0 Å². The van der Waals surface area contributed by atoms with Crippen molar-refractivity contribution < 1.29 is 14.0 Å². The fraction of sp³-hybridized carbons (Fsp3) is 0.364. The average Bonchev–Trinajstić information content (AvgIpc) is 3.38. The van der Waals surface area contributed by atoms with Gasteiger partial charge in [-0.3, -0.25) is 9.59 Å². The van der Waals surface area contributed by atoms with Gasteiger partial charge in [-0.2, -0.15) is 0 Å². The second-order valence-corrected chi connectivity index (χ2v) is 8.35. The minimum Gasteiger partial charge on any atom is -0.298 e. The molecule has 1 aliphatic rings. The summed E-state index contributed by atoms with van der Waals surface area (Å²) in [5.41, 5.74) is 1.39. The van der Waals surface area contributed by atoms with E-state index in [-0.39, 0.29) is 36.1 Å². The van der Waals surface area contributed by atoms with E-state index in [1.165, 1.54) is 12.1 Å². The molecule has 2 aromatic carbocycles. The summed E-state index contributed by atoms with van der Waals surface area (Å²) in [6.07, 6.45) is 1.40. The van der Waals surface area contributed by atoms with Crippen molar-refractivity contribution in [3.63, 3.8) is 0 Å². The van der Waals surface area contributed by atoms with Crippen LogP contribution >= 0.6 is 23.2 Å². The van der Waals surface area contributed by atoms with E-state index >= 15 is 0 Å². The SMILES string of the molecule is CC(C)c1c(Cl)cc(CC(=O)C2(C(=O)Cc3ccc(F)cc3)CC2)cc1Cl. The van der Waals surface area contributed by atoms with Gasteiger partial charge in [0.1, 0.15) is 5.82 Å². The summed E-state index contributed by atoms with van der Waals surface area (Å²) in [7, 11) is 0. The molecule has 5 heteroatoms. The number of benzene rings is 2. The summed E-state index contributed by atoms with van der Waals surface area (Å²) in [5.74, 6) is -0.363. The van der Waals surface area contributed by atoms with Crippen LogP contribution in [0.15, 0.2) is 36.4 Å². The quantitative estimate of drug-likeness (QED) is 0.531. The van der Waals surface area contributed by atoms with Crippen LogP contribution in [0.3, 0.4) is 0 Å². The Labute approximate surface area is 168 Å². The van der Waals surface area contributed by atoms with Crippen molar-refractivity contribution in [2.75, 3.05) is 0 Å². The molecule has 0 aromatic heterocycles. The highest BCUT2D eigenvalue weighted by molar-refractivity contribution is 6.36. The van der Waals surface area contributed by atoms with Crippen molar-refractivity contribution in [3.05, 3.63) is 69.0 Å². The maximum atomic E-state index is 13.0. The average molecular weight is 407 g/mol. The molecule has 142 valence electrons. The van der Waals surface area contributed by atoms with E-state index in [1.54, 1.807) is 24.3 Å². The zero-order valence-corrected chi connectivity index (χ0v) is 16.8. The molecule has 2 nitrogen and oxygen atoms in total. The lowest BCUT2D eigenvalue weighted by atomic mass is 9.87. The number of ketones is 2. The van der Waals surface area contributed by atoms with Crippen molar-refractivity contribution in [3.8, 4) is 0 Å². The van der Waals surface area contributed by atoms with E-state index in [0.717, 1.165) is 11.1 Å². The zero-order chi connectivity index (χ0) is 19.8. The summed E-state index contributed by atoms with van der Waals surface area (Å²) < 4.78 is 13.0. The first-order chi connectivity index (χ1) is 12.7. The van der Waals surface area contributed by atoms with Crippen molar-refractivity contribution in [2.24, 2.45) is 5.41 Å². The maximum Gasteiger partial charge on any atom is 0.150 e. The summed E-state index contributed by atoms with van der Waals surface area (Å²) in [6, 6.07) is 9.34. The van der Waals surface area contributed by atoms with Crippen LogP contribution in [0.1, 0.15) is 49.3 Å². The molecular weight excluding hydrogens is 386 g/mol. The van der Waals surface area contributed by atoms with Crippen molar-refractivity contribution >= 4 is 34.8 Å². The smallest absolute Gasteiger partial charge is 0.150 e. The molecule has 0 radical (unpaired) electrons. The summed E-state index contributed by atoms with van der Waals surface area (Å²) in [5, 5.41) is 1.09. The Bertz CT molecular complexity index is 861. The number of carbonyl (C=O) groups is 2. The third-order valence-electron chi connectivity index (χ3n) is 5.18. The third-order valence-corrected chi connectivity index (χ3v) is 5.80. The van der Waals surface area contributed by atoms with E-state index in [9.17, 15) is 14.0 Å². The maximum absolute atomic E-state index is 13.0. The minimum atomic E-state index is -0.913. The molecule has 0 bridgehead atoms. The Morgan fingerprint density at radius 1 is 0.963 bits per heavy atom. The van der Waals surface area contributed by atoms with Crippen LogP contribution in [-0.4, -0.2) is 11.6 Å². The molecule has 0 N–H and O–H groups in total. The number of hydrogen-bond acceptors (Lipinski definition) is 2. The van der Waals surface area contributed by atoms with Gasteiger partial charge in [-0.15, -0.1) is 0 Å². The van der Waals surface area contributed by atoms with Gasteiger partial charge >= 0.3 is 0 Å². The highest BCUT2D eigenvalue weighted by atomic mass is 35.5. The monoisotopic (exact) mass is 406 g/mol. The van der Waals surface area contributed by atoms with Crippen molar-refractivity contribution in [2.45, 2.75) is 45.4 Å². The number of rotatable bonds is 7. The van der Waals surface area contributed by atoms with Crippen LogP contribution in [-0.2, 0) is 22.4 Å². The predicted octanol–water partition coefficient (Wildman–Crippen LogP) is 5.96. The van der Waals surface area contributed by atoms with Gasteiger partial charge in [0.2, 0.25) is 0 Å². The lowest BCUT2D eigenvalue weighted by Gasteiger charge is -2.15. The topological polar surface area (TPSA) is 34.1 Å².